The van der Waals surface area contributed by atoms with E-state index in [-0.39, 0.29) is 22.2 Å². The van der Waals surface area contributed by atoms with E-state index in [1.165, 1.54) is 36.3 Å². The quantitative estimate of drug-likeness (QED) is 0.600. The number of aromatic nitrogens is 2. The van der Waals surface area contributed by atoms with Crippen molar-refractivity contribution in [3.8, 4) is 18.2 Å². The van der Waals surface area contributed by atoms with Crippen LogP contribution >= 0.6 is 11.8 Å². The van der Waals surface area contributed by atoms with Crippen LogP contribution in [0.1, 0.15) is 36.3 Å². The highest BCUT2D eigenvalue weighted by Crippen LogP contribution is 2.66. The van der Waals surface area contributed by atoms with Gasteiger partial charge in [-0.1, -0.05) is 17.7 Å². The number of nitrogens with one attached hydrogen (secondary N) is 1. The third kappa shape index (κ3) is 4.38. The van der Waals surface area contributed by atoms with Gasteiger partial charge < -0.3 is 20.5 Å². The third-order valence-electron chi connectivity index (χ3n) is 5.90. The highest BCUT2D eigenvalue weighted by molar-refractivity contribution is 8.15. The maximum absolute atomic E-state index is 15.0. The third-order valence-corrected chi connectivity index (χ3v) is 7.18. The molecule has 8 nitrogen and oxygen atoms in total. The molecule has 1 aliphatic carbocycles. The van der Waals surface area contributed by atoms with Crippen molar-refractivity contribution < 1.29 is 18.7 Å². The molecule has 1 aromatic heterocycles. The second-order valence-corrected chi connectivity index (χ2v) is 9.70. The number of rotatable bonds is 7. The molecule has 1 fully saturated rings. The van der Waals surface area contributed by atoms with E-state index in [9.17, 15) is 9.18 Å². The van der Waals surface area contributed by atoms with Gasteiger partial charge >= 0.3 is 0 Å². The van der Waals surface area contributed by atoms with Crippen molar-refractivity contribution in [2.24, 2.45) is 16.6 Å². The predicted octanol–water partition coefficient (Wildman–Crippen LogP) is 2.95. The zero-order valence-electron chi connectivity index (χ0n) is 18.5. The van der Waals surface area contributed by atoms with Crippen molar-refractivity contribution in [3.63, 3.8) is 0 Å². The standard InChI is InChI=1S/C23H24FN5O3S/c1-5-13(2)32-19-11-26-17(10-27-19)20(30)28-14-6-7-16(24)15(8-14)22(3)18-9-23(18,12-31-4)33-21(25)29-22/h1,6-8,10-11,13,18H,9,12H2,2-4H3,(H2,25,29)(H,28,30)/t13-,18-,22+,23+/m0/s1. The number of anilines is 1. The van der Waals surface area contributed by atoms with Crippen LogP contribution in [0.4, 0.5) is 10.1 Å². The van der Waals surface area contributed by atoms with E-state index in [0.29, 0.717) is 23.0 Å². The molecular weight excluding hydrogens is 445 g/mol. The normalized spacial score (nSPS) is 26.4. The number of benzene rings is 1. The predicted molar refractivity (Wildman–Crippen MR) is 125 cm³/mol. The number of carbonyl (C=O) groups excluding carboxylic acids is 1. The van der Waals surface area contributed by atoms with E-state index in [1.807, 2.05) is 6.92 Å². The summed E-state index contributed by atoms with van der Waals surface area (Å²) in [6, 6.07) is 4.39. The lowest BCUT2D eigenvalue weighted by molar-refractivity contribution is 0.102. The number of nitrogens with zero attached hydrogens (tertiary/aromatic N) is 3. The number of hydrogen-bond donors (Lipinski definition) is 2. The Morgan fingerprint density at radius 2 is 2.24 bits per heavy atom. The van der Waals surface area contributed by atoms with Crippen LogP contribution in [-0.4, -0.2) is 45.6 Å². The van der Waals surface area contributed by atoms with Crippen molar-refractivity contribution in [1.82, 2.24) is 9.97 Å². The van der Waals surface area contributed by atoms with E-state index in [4.69, 9.17) is 21.6 Å². The Morgan fingerprint density at radius 3 is 2.91 bits per heavy atom. The number of ether oxygens (including phenoxy) is 2. The maximum Gasteiger partial charge on any atom is 0.275 e. The van der Waals surface area contributed by atoms with Crippen molar-refractivity contribution in [2.75, 3.05) is 19.0 Å². The summed E-state index contributed by atoms with van der Waals surface area (Å²) in [6.07, 6.45) is 8.22. The van der Waals surface area contributed by atoms with Gasteiger partial charge in [0.25, 0.3) is 5.91 Å². The van der Waals surface area contributed by atoms with Gasteiger partial charge in [-0.2, -0.15) is 0 Å². The SMILES string of the molecule is C#C[C@H](C)Oc1cnc(C(=O)Nc2ccc(F)c([C@@]3(C)N=C(N)S[C@@]4(COC)C[C@H]43)c2)cn1. The van der Waals surface area contributed by atoms with Crippen LogP contribution in [0.15, 0.2) is 35.6 Å². The number of halogens is 1. The first kappa shape index (κ1) is 23.0. The fourth-order valence-corrected chi connectivity index (χ4v) is 5.68. The number of fused-ring (bicyclic) bond motifs is 1. The fraction of sp³-hybridized carbons (Fsp3) is 0.391. The smallest absolute Gasteiger partial charge is 0.275 e. The van der Waals surface area contributed by atoms with Crippen LogP contribution in [0.2, 0.25) is 0 Å². The monoisotopic (exact) mass is 469 g/mol. The molecule has 0 unspecified atom stereocenters. The molecule has 33 heavy (non-hydrogen) atoms. The number of methoxy groups -OCH3 is 1. The summed E-state index contributed by atoms with van der Waals surface area (Å²) in [4.78, 5) is 25.4. The van der Waals surface area contributed by atoms with Crippen LogP contribution in [-0.2, 0) is 10.3 Å². The van der Waals surface area contributed by atoms with Crippen molar-refractivity contribution in [2.45, 2.75) is 36.7 Å². The molecule has 1 aromatic carbocycles. The van der Waals surface area contributed by atoms with Crippen molar-refractivity contribution in [1.29, 1.82) is 0 Å². The average molecular weight is 470 g/mol. The lowest BCUT2D eigenvalue weighted by Gasteiger charge is -2.34. The van der Waals surface area contributed by atoms with E-state index < -0.39 is 23.4 Å². The molecule has 4 atom stereocenters. The number of hydrogen-bond acceptors (Lipinski definition) is 8. The van der Waals surface area contributed by atoms with Crippen LogP contribution in [0.5, 0.6) is 5.88 Å². The van der Waals surface area contributed by atoms with Gasteiger partial charge in [0.15, 0.2) is 11.3 Å². The molecule has 10 heteroatoms. The minimum atomic E-state index is -0.870. The van der Waals surface area contributed by atoms with Gasteiger partial charge in [0.2, 0.25) is 5.88 Å². The largest absolute Gasteiger partial charge is 0.460 e. The Balaban J connectivity index is 1.55. The summed E-state index contributed by atoms with van der Waals surface area (Å²) < 4.78 is 25.5. The number of aliphatic imine (C=N–C) groups is 1. The molecule has 0 spiro atoms. The highest BCUT2D eigenvalue weighted by atomic mass is 32.2. The van der Waals surface area contributed by atoms with Crippen LogP contribution in [0.3, 0.4) is 0 Å². The zero-order valence-corrected chi connectivity index (χ0v) is 19.3. The molecule has 1 amide bonds. The van der Waals surface area contributed by atoms with Gasteiger partial charge in [-0.3, -0.25) is 9.79 Å². The van der Waals surface area contributed by atoms with E-state index in [0.717, 1.165) is 6.42 Å². The van der Waals surface area contributed by atoms with E-state index >= 15 is 0 Å². The number of amidine groups is 1. The van der Waals surface area contributed by atoms with Crippen molar-refractivity contribution in [3.05, 3.63) is 47.7 Å². The molecule has 1 saturated carbocycles. The Hall–Kier alpha value is -3.16. The summed E-state index contributed by atoms with van der Waals surface area (Å²) in [5.41, 5.74) is 6.08. The molecule has 2 aromatic rings. The van der Waals surface area contributed by atoms with Crippen LogP contribution < -0.4 is 15.8 Å². The lowest BCUT2D eigenvalue weighted by atomic mass is 9.85. The summed E-state index contributed by atoms with van der Waals surface area (Å²) in [7, 11) is 1.64. The summed E-state index contributed by atoms with van der Waals surface area (Å²) in [6.45, 7) is 4.07. The van der Waals surface area contributed by atoms with E-state index in [2.05, 4.69) is 26.2 Å². The summed E-state index contributed by atoms with van der Waals surface area (Å²) >= 11 is 1.48. The van der Waals surface area contributed by atoms with Gasteiger partial charge in [-0.05, 0) is 38.5 Å². The number of terminal acetylenes is 1. The second-order valence-electron chi connectivity index (χ2n) is 8.27. The van der Waals surface area contributed by atoms with Gasteiger partial charge in [0.1, 0.15) is 11.5 Å². The molecular formula is C23H24FN5O3S. The molecule has 0 saturated heterocycles. The molecule has 4 rings (SSSR count). The maximum atomic E-state index is 15.0. The molecule has 0 bridgehead atoms. The zero-order chi connectivity index (χ0) is 23.8. The first-order valence-electron chi connectivity index (χ1n) is 10.3. The number of amides is 1. The second kappa shape index (κ2) is 8.65. The van der Waals surface area contributed by atoms with Gasteiger partial charge in [0, 0.05) is 24.3 Å². The molecule has 1 aliphatic heterocycles. The fourth-order valence-electron chi connectivity index (χ4n) is 4.22. The summed E-state index contributed by atoms with van der Waals surface area (Å²) in [5.74, 6) is 1.78. The molecule has 172 valence electrons. The van der Waals surface area contributed by atoms with Gasteiger partial charge in [0.05, 0.1) is 29.3 Å². The lowest BCUT2D eigenvalue weighted by Crippen LogP contribution is -2.37. The first-order chi connectivity index (χ1) is 15.7. The van der Waals surface area contributed by atoms with Crippen molar-refractivity contribution >= 4 is 28.5 Å². The first-order valence-corrected chi connectivity index (χ1v) is 11.1. The molecule has 0 radical (unpaired) electrons. The number of nitrogens with two attached hydrogens (primary N) is 1. The van der Waals surface area contributed by atoms with Gasteiger partial charge in [-0.25, -0.2) is 14.4 Å². The minimum absolute atomic E-state index is 0.0616. The summed E-state index contributed by atoms with van der Waals surface area (Å²) in [5, 5.41) is 3.13. The van der Waals surface area contributed by atoms with Gasteiger partial charge in [-0.15, -0.1) is 6.42 Å². The van der Waals surface area contributed by atoms with Crippen LogP contribution in [0.25, 0.3) is 0 Å². The molecule has 2 heterocycles. The highest BCUT2D eigenvalue weighted by Gasteiger charge is 2.66. The topological polar surface area (TPSA) is 112 Å². The Kier molecular flexibility index (Phi) is 6.03. The average Bonchev–Trinajstić information content (AvgIpc) is 3.50. The Labute approximate surface area is 195 Å². The van der Waals surface area contributed by atoms with Crippen LogP contribution in [0, 0.1) is 24.1 Å². The van der Waals surface area contributed by atoms with E-state index in [1.54, 1.807) is 20.1 Å². The molecule has 2 aliphatic rings. The number of thioether (sulfide) groups is 1. The minimum Gasteiger partial charge on any atom is -0.460 e. The number of carbonyl (C=O) groups is 1. The Morgan fingerprint density at radius 1 is 1.45 bits per heavy atom. The Bertz CT molecular complexity index is 1150. The molecule has 3 N–H and O–H groups in total.